The molecule has 2 aromatic carbocycles. The summed E-state index contributed by atoms with van der Waals surface area (Å²) in [6, 6.07) is 17.0. The van der Waals surface area contributed by atoms with Gasteiger partial charge in [0.1, 0.15) is 5.75 Å². The summed E-state index contributed by atoms with van der Waals surface area (Å²) in [5.41, 5.74) is 1.86. The minimum atomic E-state index is -3.49. The highest BCUT2D eigenvalue weighted by Crippen LogP contribution is 2.17. The average molecular weight is 422 g/mol. The molecule has 0 heterocycles. The topological polar surface area (TPSA) is 54.5 Å². The van der Waals surface area contributed by atoms with E-state index in [1.807, 2.05) is 54.6 Å². The van der Waals surface area contributed by atoms with Gasteiger partial charge < -0.3 is 4.90 Å². The molecule has 0 bridgehead atoms. The van der Waals surface area contributed by atoms with Crippen LogP contribution in [0.15, 0.2) is 65.1 Å². The molecule has 2 aromatic rings. The molecule has 6 heteroatoms. The Kier molecular flexibility index (Phi) is 6.96. The molecule has 0 spiro atoms. The first-order chi connectivity index (χ1) is 11.9. The van der Waals surface area contributed by atoms with E-state index in [0.29, 0.717) is 6.54 Å². The Morgan fingerprint density at radius 2 is 1.72 bits per heavy atom. The fourth-order valence-corrected chi connectivity index (χ4v) is 3.74. The summed E-state index contributed by atoms with van der Waals surface area (Å²) >= 11 is 3.43. The Hall–Kier alpha value is -1.92. The van der Waals surface area contributed by atoms with Crippen molar-refractivity contribution in [3.05, 3.63) is 76.3 Å². The van der Waals surface area contributed by atoms with Crippen LogP contribution in [0, 0.1) is 0 Å². The third-order valence-corrected chi connectivity index (χ3v) is 5.76. The minimum Gasteiger partial charge on any atom is -0.341 e. The van der Waals surface area contributed by atoms with E-state index >= 15 is 0 Å². The molecule has 0 saturated carbocycles. The van der Waals surface area contributed by atoms with Crippen molar-refractivity contribution in [1.29, 1.82) is 0 Å². The van der Waals surface area contributed by atoms with Crippen molar-refractivity contribution in [3.8, 4) is 0 Å². The molecule has 0 aliphatic rings. The second-order valence-electron chi connectivity index (χ2n) is 5.71. The number of carbonyl (C=O) groups is 1. The Balaban J connectivity index is 1.91. The Morgan fingerprint density at radius 3 is 2.40 bits per heavy atom. The van der Waals surface area contributed by atoms with Gasteiger partial charge in [-0.1, -0.05) is 76.6 Å². The van der Waals surface area contributed by atoms with Crippen molar-refractivity contribution in [2.45, 2.75) is 6.54 Å². The predicted octanol–water partition coefficient (Wildman–Crippen LogP) is 3.54. The van der Waals surface area contributed by atoms with Crippen molar-refractivity contribution < 1.29 is 13.2 Å². The number of rotatable bonds is 7. The fraction of sp³-hybridized carbons (Fsp3) is 0.211. The standard InChI is InChI=1S/C19H20BrNO3S/c1-21(14-17-11-5-6-12-18(17)20)19(22)15-25(23,24)13-7-10-16-8-3-2-4-9-16/h2-12H,13-15H2,1H3. The number of amides is 1. The molecule has 132 valence electrons. The first-order valence-corrected chi connectivity index (χ1v) is 10.4. The van der Waals surface area contributed by atoms with E-state index in [9.17, 15) is 13.2 Å². The molecule has 0 aliphatic heterocycles. The van der Waals surface area contributed by atoms with Crippen LogP contribution in [0.3, 0.4) is 0 Å². The van der Waals surface area contributed by atoms with E-state index in [1.165, 1.54) is 4.90 Å². The molecule has 2 rings (SSSR count). The smallest absolute Gasteiger partial charge is 0.237 e. The number of carbonyl (C=O) groups excluding carboxylic acids is 1. The van der Waals surface area contributed by atoms with E-state index < -0.39 is 21.5 Å². The zero-order valence-electron chi connectivity index (χ0n) is 13.9. The highest BCUT2D eigenvalue weighted by Gasteiger charge is 2.19. The van der Waals surface area contributed by atoms with Gasteiger partial charge in [0.05, 0.1) is 5.75 Å². The van der Waals surface area contributed by atoms with E-state index in [0.717, 1.165) is 15.6 Å². The van der Waals surface area contributed by atoms with Crippen molar-refractivity contribution in [2.24, 2.45) is 0 Å². The van der Waals surface area contributed by atoms with Crippen molar-refractivity contribution in [1.82, 2.24) is 4.90 Å². The molecule has 0 atom stereocenters. The van der Waals surface area contributed by atoms with Gasteiger partial charge in [-0.05, 0) is 17.2 Å². The Bertz CT molecular complexity index is 848. The fourth-order valence-electron chi connectivity index (χ4n) is 2.22. The van der Waals surface area contributed by atoms with Crippen LogP contribution in [-0.4, -0.2) is 37.8 Å². The average Bonchev–Trinajstić information content (AvgIpc) is 2.57. The van der Waals surface area contributed by atoms with Crippen LogP contribution in [-0.2, 0) is 21.2 Å². The number of benzene rings is 2. The Morgan fingerprint density at radius 1 is 1.08 bits per heavy atom. The molecule has 0 radical (unpaired) electrons. The largest absolute Gasteiger partial charge is 0.341 e. The summed E-state index contributed by atoms with van der Waals surface area (Å²) in [6.45, 7) is 0.357. The number of sulfone groups is 1. The lowest BCUT2D eigenvalue weighted by molar-refractivity contribution is -0.127. The van der Waals surface area contributed by atoms with Crippen LogP contribution >= 0.6 is 15.9 Å². The van der Waals surface area contributed by atoms with Gasteiger partial charge in [-0.25, -0.2) is 8.42 Å². The third kappa shape index (κ3) is 6.48. The zero-order valence-corrected chi connectivity index (χ0v) is 16.3. The van der Waals surface area contributed by atoms with Crippen LogP contribution in [0.1, 0.15) is 11.1 Å². The van der Waals surface area contributed by atoms with Gasteiger partial charge in [0.15, 0.2) is 9.84 Å². The first-order valence-electron chi connectivity index (χ1n) is 7.77. The highest BCUT2D eigenvalue weighted by atomic mass is 79.9. The molecule has 0 aromatic heterocycles. The van der Waals surface area contributed by atoms with Crippen molar-refractivity contribution in [3.63, 3.8) is 0 Å². The SMILES string of the molecule is CN(Cc1ccccc1Br)C(=O)CS(=O)(=O)CC=Cc1ccccc1. The molecule has 25 heavy (non-hydrogen) atoms. The molecule has 0 saturated heterocycles. The summed E-state index contributed by atoms with van der Waals surface area (Å²) in [5.74, 6) is -1.06. The van der Waals surface area contributed by atoms with Crippen LogP contribution in [0.25, 0.3) is 6.08 Å². The van der Waals surface area contributed by atoms with Crippen LogP contribution in [0.5, 0.6) is 0 Å². The normalized spacial score (nSPS) is 11.6. The molecule has 0 fully saturated rings. The minimum absolute atomic E-state index is 0.156. The van der Waals surface area contributed by atoms with Gasteiger partial charge in [0.2, 0.25) is 5.91 Å². The Labute approximate surface area is 157 Å². The highest BCUT2D eigenvalue weighted by molar-refractivity contribution is 9.10. The number of halogens is 1. The second-order valence-corrected chi connectivity index (χ2v) is 8.67. The van der Waals surface area contributed by atoms with E-state index in [1.54, 1.807) is 19.2 Å². The molecular formula is C19H20BrNO3S. The monoisotopic (exact) mass is 421 g/mol. The number of nitrogens with zero attached hydrogens (tertiary/aromatic N) is 1. The summed E-state index contributed by atoms with van der Waals surface area (Å²) in [6.07, 6.45) is 3.32. The second kappa shape index (κ2) is 8.97. The van der Waals surface area contributed by atoms with Crippen LogP contribution in [0.4, 0.5) is 0 Å². The summed E-state index contributed by atoms with van der Waals surface area (Å²) in [7, 11) is -1.88. The maximum absolute atomic E-state index is 12.2. The van der Waals surface area contributed by atoms with Gasteiger partial charge in [-0.15, -0.1) is 0 Å². The van der Waals surface area contributed by atoms with E-state index in [2.05, 4.69) is 15.9 Å². The van der Waals surface area contributed by atoms with Gasteiger partial charge >= 0.3 is 0 Å². The van der Waals surface area contributed by atoms with Crippen LogP contribution in [0.2, 0.25) is 0 Å². The van der Waals surface area contributed by atoms with Crippen molar-refractivity contribution in [2.75, 3.05) is 18.6 Å². The van der Waals surface area contributed by atoms with Crippen LogP contribution < -0.4 is 0 Å². The molecule has 0 N–H and O–H groups in total. The first kappa shape index (κ1) is 19.4. The number of hydrogen-bond acceptors (Lipinski definition) is 3. The number of hydrogen-bond donors (Lipinski definition) is 0. The quantitative estimate of drug-likeness (QED) is 0.686. The van der Waals surface area contributed by atoms with E-state index in [4.69, 9.17) is 0 Å². The predicted molar refractivity (Wildman–Crippen MR) is 105 cm³/mol. The molecule has 0 unspecified atom stereocenters. The van der Waals surface area contributed by atoms with Gasteiger partial charge in [-0.3, -0.25) is 4.79 Å². The molecular weight excluding hydrogens is 402 g/mol. The lowest BCUT2D eigenvalue weighted by atomic mass is 10.2. The molecule has 4 nitrogen and oxygen atoms in total. The van der Waals surface area contributed by atoms with E-state index in [-0.39, 0.29) is 5.75 Å². The molecule has 0 aliphatic carbocycles. The maximum Gasteiger partial charge on any atom is 0.237 e. The molecule has 1 amide bonds. The summed E-state index contributed by atoms with van der Waals surface area (Å²) in [4.78, 5) is 13.6. The summed E-state index contributed by atoms with van der Waals surface area (Å²) in [5, 5.41) is 0. The lowest BCUT2D eigenvalue weighted by Crippen LogP contribution is -2.32. The zero-order chi connectivity index (χ0) is 18.3. The van der Waals surface area contributed by atoms with Gasteiger partial charge in [0.25, 0.3) is 0 Å². The maximum atomic E-state index is 12.2. The van der Waals surface area contributed by atoms with Gasteiger partial charge in [0, 0.05) is 18.1 Å². The summed E-state index contributed by atoms with van der Waals surface area (Å²) < 4.78 is 25.2. The third-order valence-electron chi connectivity index (χ3n) is 3.59. The van der Waals surface area contributed by atoms with Crippen molar-refractivity contribution >= 4 is 37.8 Å². The lowest BCUT2D eigenvalue weighted by Gasteiger charge is -2.18. The van der Waals surface area contributed by atoms with Gasteiger partial charge in [-0.2, -0.15) is 0 Å².